The lowest BCUT2D eigenvalue weighted by molar-refractivity contribution is 0.111. The molecule has 0 aliphatic carbocycles. The fraction of sp³-hybridized carbons (Fsp3) is 0.615. The van der Waals surface area contributed by atoms with Gasteiger partial charge in [-0.3, -0.25) is 9.69 Å². The van der Waals surface area contributed by atoms with Gasteiger partial charge in [-0.2, -0.15) is 0 Å². The van der Waals surface area contributed by atoms with Crippen LogP contribution in [0.1, 0.15) is 29.0 Å². The molecular formula is C13H19N3O. The molecule has 17 heavy (non-hydrogen) atoms. The van der Waals surface area contributed by atoms with Crippen molar-refractivity contribution in [2.45, 2.75) is 37.9 Å². The number of carbonyl (C=O) groups excluding carboxylic acids is 1. The maximum atomic E-state index is 10.9. The second-order valence-corrected chi connectivity index (χ2v) is 5.21. The summed E-state index contributed by atoms with van der Waals surface area (Å²) in [7, 11) is 0. The smallest absolute Gasteiger partial charge is 0.166 e. The van der Waals surface area contributed by atoms with Gasteiger partial charge in [0.25, 0.3) is 0 Å². The number of hydrogen-bond acceptors (Lipinski definition) is 3. The van der Waals surface area contributed by atoms with Crippen LogP contribution >= 0.6 is 0 Å². The molecule has 4 nitrogen and oxygen atoms in total. The molecule has 0 radical (unpaired) electrons. The van der Waals surface area contributed by atoms with Crippen molar-refractivity contribution in [1.29, 1.82) is 0 Å². The molecule has 0 spiro atoms. The lowest BCUT2D eigenvalue weighted by atomic mass is 10.0. The van der Waals surface area contributed by atoms with E-state index in [0.717, 1.165) is 50.9 Å². The molecule has 1 aromatic rings. The normalized spacial score (nSPS) is 29.2. The number of aldehydes is 1. The second kappa shape index (κ2) is 4.27. The fourth-order valence-corrected chi connectivity index (χ4v) is 3.16. The van der Waals surface area contributed by atoms with Crippen LogP contribution in [-0.4, -0.2) is 40.9 Å². The molecule has 3 rings (SSSR count). The van der Waals surface area contributed by atoms with Crippen LogP contribution in [-0.2, 0) is 13.0 Å². The zero-order valence-corrected chi connectivity index (χ0v) is 10.0. The Kier molecular flexibility index (Phi) is 2.76. The molecule has 1 saturated heterocycles. The van der Waals surface area contributed by atoms with E-state index in [4.69, 9.17) is 5.73 Å². The molecule has 3 heterocycles. The quantitative estimate of drug-likeness (QED) is 0.763. The maximum absolute atomic E-state index is 10.9. The number of fused-ring (bicyclic) bond motifs is 1. The van der Waals surface area contributed by atoms with E-state index in [1.807, 2.05) is 6.07 Å². The van der Waals surface area contributed by atoms with Gasteiger partial charge in [0.2, 0.25) is 0 Å². The van der Waals surface area contributed by atoms with E-state index in [9.17, 15) is 4.79 Å². The molecule has 4 heteroatoms. The van der Waals surface area contributed by atoms with Gasteiger partial charge < -0.3 is 10.3 Å². The van der Waals surface area contributed by atoms with E-state index in [-0.39, 0.29) is 0 Å². The highest BCUT2D eigenvalue weighted by molar-refractivity contribution is 5.72. The summed E-state index contributed by atoms with van der Waals surface area (Å²) in [6.45, 7) is 3.13. The molecule has 2 N–H and O–H groups in total. The molecule has 2 unspecified atom stereocenters. The van der Waals surface area contributed by atoms with Crippen molar-refractivity contribution in [3.63, 3.8) is 0 Å². The molecule has 2 atom stereocenters. The van der Waals surface area contributed by atoms with Gasteiger partial charge in [-0.1, -0.05) is 0 Å². The Morgan fingerprint density at radius 1 is 1.29 bits per heavy atom. The minimum Gasteiger partial charge on any atom is -0.342 e. The molecule has 2 aliphatic rings. The van der Waals surface area contributed by atoms with E-state index in [1.54, 1.807) is 0 Å². The summed E-state index contributed by atoms with van der Waals surface area (Å²) < 4.78 is 2.15. The highest BCUT2D eigenvalue weighted by Gasteiger charge is 2.29. The number of aromatic nitrogens is 1. The third-order valence-corrected chi connectivity index (χ3v) is 4.13. The summed E-state index contributed by atoms with van der Waals surface area (Å²) >= 11 is 0. The fourth-order valence-electron chi connectivity index (χ4n) is 3.16. The Bertz CT molecular complexity index is 426. The van der Waals surface area contributed by atoms with Crippen molar-refractivity contribution in [3.05, 3.63) is 23.5 Å². The van der Waals surface area contributed by atoms with Crippen LogP contribution in [0.25, 0.3) is 0 Å². The first-order valence-corrected chi connectivity index (χ1v) is 6.41. The summed E-state index contributed by atoms with van der Waals surface area (Å²) in [6.07, 6.45) is 4.27. The minimum absolute atomic E-state index is 0.356. The Morgan fingerprint density at radius 2 is 2.18 bits per heavy atom. The number of nitrogens with zero attached hydrogens (tertiary/aromatic N) is 2. The zero-order valence-electron chi connectivity index (χ0n) is 10.0. The Morgan fingerprint density at radius 3 is 2.88 bits per heavy atom. The van der Waals surface area contributed by atoms with Crippen LogP contribution in [0.3, 0.4) is 0 Å². The van der Waals surface area contributed by atoms with Crippen molar-refractivity contribution in [2.75, 3.05) is 13.1 Å². The van der Waals surface area contributed by atoms with Gasteiger partial charge in [0, 0.05) is 43.8 Å². The number of likely N-dealkylation sites (tertiary alicyclic amines) is 1. The van der Waals surface area contributed by atoms with Gasteiger partial charge in [0.05, 0.1) is 5.69 Å². The highest BCUT2D eigenvalue weighted by atomic mass is 16.1. The van der Waals surface area contributed by atoms with Crippen molar-refractivity contribution in [3.8, 4) is 0 Å². The molecule has 0 bridgehead atoms. The first-order chi connectivity index (χ1) is 8.28. The highest BCUT2D eigenvalue weighted by Crippen LogP contribution is 2.24. The number of carbonyl (C=O) groups is 1. The molecule has 0 aromatic carbocycles. The van der Waals surface area contributed by atoms with Gasteiger partial charge in [-0.25, -0.2) is 0 Å². The van der Waals surface area contributed by atoms with Crippen LogP contribution in [0.2, 0.25) is 0 Å². The third-order valence-electron chi connectivity index (χ3n) is 4.13. The average Bonchev–Trinajstić information content (AvgIpc) is 2.94. The first-order valence-electron chi connectivity index (χ1n) is 6.41. The van der Waals surface area contributed by atoms with Gasteiger partial charge in [0.1, 0.15) is 0 Å². The van der Waals surface area contributed by atoms with Crippen LogP contribution in [0.15, 0.2) is 12.1 Å². The molecule has 0 amide bonds. The lowest BCUT2D eigenvalue weighted by Crippen LogP contribution is -2.40. The van der Waals surface area contributed by atoms with Gasteiger partial charge >= 0.3 is 0 Å². The average molecular weight is 233 g/mol. The predicted molar refractivity (Wildman–Crippen MR) is 66.1 cm³/mol. The maximum Gasteiger partial charge on any atom is 0.166 e. The predicted octanol–water partition coefficient (Wildman–Crippen LogP) is 0.648. The monoisotopic (exact) mass is 233 g/mol. The third kappa shape index (κ3) is 1.91. The number of hydrogen-bond donors (Lipinski definition) is 1. The summed E-state index contributed by atoms with van der Waals surface area (Å²) in [4.78, 5) is 13.4. The summed E-state index contributed by atoms with van der Waals surface area (Å²) in [5.41, 5.74) is 8.07. The van der Waals surface area contributed by atoms with E-state index in [2.05, 4.69) is 15.5 Å². The van der Waals surface area contributed by atoms with E-state index in [0.29, 0.717) is 12.1 Å². The number of rotatable bonds is 2. The van der Waals surface area contributed by atoms with Gasteiger partial charge in [-0.15, -0.1) is 0 Å². The van der Waals surface area contributed by atoms with Crippen LogP contribution in [0.4, 0.5) is 0 Å². The zero-order chi connectivity index (χ0) is 11.8. The van der Waals surface area contributed by atoms with Crippen LogP contribution < -0.4 is 5.73 Å². The van der Waals surface area contributed by atoms with Gasteiger partial charge in [-0.05, 0) is 25.0 Å². The molecule has 1 fully saturated rings. The molecular weight excluding hydrogens is 214 g/mol. The summed E-state index contributed by atoms with van der Waals surface area (Å²) in [5.74, 6) is 0. The van der Waals surface area contributed by atoms with E-state index in [1.165, 1.54) is 5.69 Å². The minimum atomic E-state index is 0.356. The summed E-state index contributed by atoms with van der Waals surface area (Å²) in [5, 5.41) is 0. The molecule has 1 aromatic heterocycles. The van der Waals surface area contributed by atoms with E-state index >= 15 is 0 Å². The van der Waals surface area contributed by atoms with Crippen molar-refractivity contribution in [1.82, 2.24) is 9.47 Å². The van der Waals surface area contributed by atoms with Crippen molar-refractivity contribution < 1.29 is 4.79 Å². The standard InChI is InChI=1S/C13H19N3O/c14-10-3-5-15(8-10)11-4-6-16-12(7-11)1-2-13(16)9-17/h1-2,9-11H,3-8,14H2. The van der Waals surface area contributed by atoms with E-state index < -0.39 is 0 Å². The molecule has 92 valence electrons. The Hall–Kier alpha value is -1.13. The van der Waals surface area contributed by atoms with Crippen molar-refractivity contribution in [2.24, 2.45) is 5.73 Å². The Labute approximate surface area is 101 Å². The SMILES string of the molecule is NC1CCN(C2CCn3c(C=O)ccc3C2)C1. The Balaban J connectivity index is 1.74. The van der Waals surface area contributed by atoms with Crippen molar-refractivity contribution >= 4 is 6.29 Å². The topological polar surface area (TPSA) is 51.3 Å². The van der Waals surface area contributed by atoms with Crippen LogP contribution in [0.5, 0.6) is 0 Å². The second-order valence-electron chi connectivity index (χ2n) is 5.21. The number of nitrogens with two attached hydrogens (primary N) is 1. The van der Waals surface area contributed by atoms with Crippen LogP contribution in [0, 0.1) is 0 Å². The lowest BCUT2D eigenvalue weighted by Gasteiger charge is -2.32. The van der Waals surface area contributed by atoms with Gasteiger partial charge in [0.15, 0.2) is 6.29 Å². The summed E-state index contributed by atoms with van der Waals surface area (Å²) in [6, 6.07) is 4.99. The largest absolute Gasteiger partial charge is 0.342 e. The first kappa shape index (κ1) is 11.0. The molecule has 2 aliphatic heterocycles. The molecule has 0 saturated carbocycles.